The minimum absolute atomic E-state index is 1.10. The lowest BCUT2D eigenvalue weighted by Crippen LogP contribution is -1.89. The quantitative estimate of drug-likeness (QED) is 0.672. The minimum atomic E-state index is 1.10. The zero-order chi connectivity index (χ0) is 13.0. The van der Waals surface area contributed by atoms with E-state index in [0.29, 0.717) is 0 Å². The summed E-state index contributed by atoms with van der Waals surface area (Å²) in [5, 5.41) is 0. The lowest BCUT2D eigenvalue weighted by molar-refractivity contribution is 1.55. The van der Waals surface area contributed by atoms with Crippen molar-refractivity contribution in [3.05, 3.63) is 78.9 Å². The summed E-state index contributed by atoms with van der Waals surface area (Å²) < 4.78 is 0. The van der Waals surface area contributed by atoms with Crippen LogP contribution in [-0.4, -0.2) is 0 Å². The zero-order valence-corrected chi connectivity index (χ0v) is 10.4. The van der Waals surface area contributed by atoms with Gasteiger partial charge in [0.1, 0.15) is 0 Å². The average Bonchev–Trinajstić information content (AvgIpc) is 2.46. The van der Waals surface area contributed by atoms with Gasteiger partial charge >= 0.3 is 0 Å². The maximum absolute atomic E-state index is 3.91. The Kier molecular flexibility index (Phi) is 3.59. The fourth-order valence-electron chi connectivity index (χ4n) is 2.14. The molecule has 0 saturated heterocycles. The van der Waals surface area contributed by atoms with Crippen molar-refractivity contribution < 1.29 is 0 Å². The Morgan fingerprint density at radius 3 is 1.89 bits per heavy atom. The molecule has 0 aromatic heterocycles. The summed E-state index contributed by atoms with van der Waals surface area (Å²) >= 11 is 0. The average molecular weight is 232 g/mol. The molecule has 0 nitrogen and oxygen atoms in total. The van der Waals surface area contributed by atoms with E-state index >= 15 is 0 Å². The number of rotatable bonds is 4. The van der Waals surface area contributed by atoms with Crippen LogP contribution in [0.3, 0.4) is 0 Å². The second kappa shape index (κ2) is 5.33. The molecule has 2 rings (SSSR count). The van der Waals surface area contributed by atoms with E-state index in [9.17, 15) is 0 Å². The van der Waals surface area contributed by atoms with Gasteiger partial charge in [-0.1, -0.05) is 80.4 Å². The molecule has 0 bridgehead atoms. The smallest absolute Gasteiger partial charge is 0.00996 e. The topological polar surface area (TPSA) is 0 Å². The maximum Gasteiger partial charge on any atom is -0.00996 e. The van der Waals surface area contributed by atoms with Crippen molar-refractivity contribution >= 4 is 18.2 Å². The van der Waals surface area contributed by atoms with Crippen LogP contribution in [0.25, 0.3) is 29.4 Å². The summed E-state index contributed by atoms with van der Waals surface area (Å²) in [6, 6.07) is 14.4. The fraction of sp³-hybridized carbons (Fsp3) is 0. The molecule has 0 aliphatic heterocycles. The Morgan fingerprint density at radius 2 is 1.22 bits per heavy atom. The molecule has 0 amide bonds. The first-order valence-electron chi connectivity index (χ1n) is 5.91. The molecule has 0 fully saturated rings. The predicted octanol–water partition coefficient (Wildman–Crippen LogP) is 5.28. The van der Waals surface area contributed by atoms with Crippen LogP contribution in [0.1, 0.15) is 16.7 Å². The van der Waals surface area contributed by atoms with E-state index in [1.165, 1.54) is 5.56 Å². The van der Waals surface area contributed by atoms with Crippen LogP contribution in [0, 0.1) is 0 Å². The van der Waals surface area contributed by atoms with Crippen LogP contribution in [0.5, 0.6) is 0 Å². The van der Waals surface area contributed by atoms with Gasteiger partial charge in [-0.2, -0.15) is 0 Å². The maximum atomic E-state index is 3.91. The van der Waals surface area contributed by atoms with Crippen molar-refractivity contribution in [2.24, 2.45) is 0 Å². The van der Waals surface area contributed by atoms with Gasteiger partial charge in [0.05, 0.1) is 0 Å². The second-order valence-electron chi connectivity index (χ2n) is 4.01. The van der Waals surface area contributed by atoms with Crippen molar-refractivity contribution in [3.8, 4) is 11.1 Å². The van der Waals surface area contributed by atoms with Crippen LogP contribution >= 0.6 is 0 Å². The summed E-state index contributed by atoms with van der Waals surface area (Å²) in [5.41, 5.74) is 5.67. The first kappa shape index (κ1) is 12.1. The highest BCUT2D eigenvalue weighted by Crippen LogP contribution is 2.30. The number of hydrogen-bond acceptors (Lipinski definition) is 0. The van der Waals surface area contributed by atoms with Crippen molar-refractivity contribution in [1.29, 1.82) is 0 Å². The summed E-state index contributed by atoms with van der Waals surface area (Å²) in [5.74, 6) is 0. The van der Waals surface area contributed by atoms with Crippen molar-refractivity contribution in [2.75, 3.05) is 0 Å². The first-order chi connectivity index (χ1) is 8.81. The molecule has 18 heavy (non-hydrogen) atoms. The number of benzene rings is 2. The third kappa shape index (κ3) is 2.05. The molecular formula is C18H16. The summed E-state index contributed by atoms with van der Waals surface area (Å²) in [4.78, 5) is 0. The SMILES string of the molecule is C=Cc1ccccc1-c1cccc(C=C)c1C=C. The van der Waals surface area contributed by atoms with Crippen molar-refractivity contribution in [3.63, 3.8) is 0 Å². The molecule has 2 aromatic carbocycles. The molecule has 0 N–H and O–H groups in total. The van der Waals surface area contributed by atoms with Crippen LogP contribution in [0.2, 0.25) is 0 Å². The highest BCUT2D eigenvalue weighted by Gasteiger charge is 2.07. The Bertz CT molecular complexity index is 603. The van der Waals surface area contributed by atoms with Crippen LogP contribution < -0.4 is 0 Å². The zero-order valence-electron chi connectivity index (χ0n) is 10.4. The highest BCUT2D eigenvalue weighted by atomic mass is 14.1. The molecule has 0 heteroatoms. The van der Waals surface area contributed by atoms with Gasteiger partial charge in [-0.25, -0.2) is 0 Å². The van der Waals surface area contributed by atoms with Gasteiger partial charge in [-0.3, -0.25) is 0 Å². The van der Waals surface area contributed by atoms with Gasteiger partial charge in [0.2, 0.25) is 0 Å². The summed E-state index contributed by atoms with van der Waals surface area (Å²) in [6.07, 6.45) is 5.62. The monoisotopic (exact) mass is 232 g/mol. The lowest BCUT2D eigenvalue weighted by Gasteiger charge is -2.12. The van der Waals surface area contributed by atoms with Gasteiger partial charge in [0.25, 0.3) is 0 Å². The Hall–Kier alpha value is -2.34. The van der Waals surface area contributed by atoms with E-state index in [1.807, 2.05) is 42.5 Å². The molecule has 0 saturated carbocycles. The van der Waals surface area contributed by atoms with Crippen LogP contribution in [-0.2, 0) is 0 Å². The van der Waals surface area contributed by atoms with Gasteiger partial charge in [0, 0.05) is 0 Å². The van der Waals surface area contributed by atoms with E-state index in [0.717, 1.165) is 22.3 Å². The van der Waals surface area contributed by atoms with Gasteiger partial charge < -0.3 is 0 Å². The molecular weight excluding hydrogens is 216 g/mol. The number of hydrogen-bond donors (Lipinski definition) is 0. The fourth-order valence-corrected chi connectivity index (χ4v) is 2.14. The minimum Gasteiger partial charge on any atom is -0.0984 e. The molecule has 2 aromatic rings. The van der Waals surface area contributed by atoms with E-state index in [-0.39, 0.29) is 0 Å². The lowest BCUT2D eigenvalue weighted by atomic mass is 9.92. The van der Waals surface area contributed by atoms with Crippen LogP contribution in [0.4, 0.5) is 0 Å². The summed E-state index contributed by atoms with van der Waals surface area (Å²) in [7, 11) is 0. The highest BCUT2D eigenvalue weighted by molar-refractivity contribution is 5.84. The molecule has 0 unspecified atom stereocenters. The molecule has 0 spiro atoms. The molecule has 0 atom stereocenters. The Balaban J connectivity index is 2.74. The van der Waals surface area contributed by atoms with Crippen LogP contribution in [0.15, 0.2) is 62.2 Å². The van der Waals surface area contributed by atoms with Gasteiger partial charge in [0.15, 0.2) is 0 Å². The predicted molar refractivity (Wildman–Crippen MR) is 82.2 cm³/mol. The third-order valence-corrected chi connectivity index (χ3v) is 3.03. The van der Waals surface area contributed by atoms with E-state index in [2.05, 4.69) is 37.9 Å². The molecule has 0 aliphatic carbocycles. The first-order valence-corrected chi connectivity index (χ1v) is 5.91. The molecule has 88 valence electrons. The van der Waals surface area contributed by atoms with Crippen molar-refractivity contribution in [2.45, 2.75) is 0 Å². The van der Waals surface area contributed by atoms with Gasteiger partial charge in [-0.15, -0.1) is 0 Å². The Labute approximate surface area is 109 Å². The molecule has 0 heterocycles. The van der Waals surface area contributed by atoms with Gasteiger partial charge in [-0.05, 0) is 27.8 Å². The summed E-state index contributed by atoms with van der Waals surface area (Å²) in [6.45, 7) is 11.6. The van der Waals surface area contributed by atoms with Crippen molar-refractivity contribution in [1.82, 2.24) is 0 Å². The van der Waals surface area contributed by atoms with E-state index < -0.39 is 0 Å². The molecule has 0 aliphatic rings. The van der Waals surface area contributed by atoms with E-state index in [1.54, 1.807) is 0 Å². The van der Waals surface area contributed by atoms with E-state index in [4.69, 9.17) is 0 Å². The standard InChI is InChI=1S/C18H16/c1-4-14-11-9-13-18(16(14)6-3)17-12-8-7-10-15(17)5-2/h4-13H,1-3H2. The normalized spacial score (nSPS) is 9.78. The third-order valence-electron chi connectivity index (χ3n) is 3.03. The Morgan fingerprint density at radius 1 is 0.611 bits per heavy atom. The molecule has 0 radical (unpaired) electrons. The second-order valence-corrected chi connectivity index (χ2v) is 4.01. The largest absolute Gasteiger partial charge is 0.0984 e.